The van der Waals surface area contributed by atoms with Gasteiger partial charge in [0.15, 0.2) is 11.6 Å². The highest BCUT2D eigenvalue weighted by Crippen LogP contribution is 2.26. The summed E-state index contributed by atoms with van der Waals surface area (Å²) in [5, 5.41) is 3.02. The molecule has 0 saturated carbocycles. The summed E-state index contributed by atoms with van der Waals surface area (Å²) in [7, 11) is -3.54. The van der Waals surface area contributed by atoms with E-state index >= 15 is 0 Å². The number of hydrogen-bond donors (Lipinski definition) is 4. The number of nitrogen functional groups attached to an aromatic ring is 1. The Kier molecular flexibility index (Phi) is 7.18. The molecule has 0 radical (unpaired) electrons. The molecular formula is C20H24N8O3S. The molecular weight excluding hydrogens is 432 g/mol. The monoisotopic (exact) mass is 456 g/mol. The van der Waals surface area contributed by atoms with Crippen LogP contribution in [-0.4, -0.2) is 46.7 Å². The molecule has 0 spiro atoms. The highest BCUT2D eigenvalue weighted by atomic mass is 32.2. The third kappa shape index (κ3) is 5.10. The van der Waals surface area contributed by atoms with Crippen molar-refractivity contribution in [1.29, 1.82) is 0 Å². The third-order valence-corrected chi connectivity index (χ3v) is 6.60. The first-order valence-electron chi connectivity index (χ1n) is 9.81. The summed E-state index contributed by atoms with van der Waals surface area (Å²) in [6.07, 6.45) is 2.78. The summed E-state index contributed by atoms with van der Waals surface area (Å²) in [5.74, 6) is 0.0181. The molecule has 168 valence electrons. The van der Waals surface area contributed by atoms with Crippen molar-refractivity contribution in [1.82, 2.24) is 24.7 Å². The number of nitrogens with two attached hydrogens (primary N) is 1. The van der Waals surface area contributed by atoms with E-state index in [2.05, 4.69) is 31.1 Å². The van der Waals surface area contributed by atoms with Gasteiger partial charge in [-0.15, -0.1) is 0 Å². The number of rotatable bonds is 9. The minimum atomic E-state index is -3.54. The number of anilines is 4. The number of aromatic nitrogens is 3. The van der Waals surface area contributed by atoms with Crippen molar-refractivity contribution in [2.45, 2.75) is 18.7 Å². The zero-order valence-electron chi connectivity index (χ0n) is 17.6. The van der Waals surface area contributed by atoms with Gasteiger partial charge >= 0.3 is 0 Å². The van der Waals surface area contributed by atoms with Crippen molar-refractivity contribution < 1.29 is 13.2 Å². The summed E-state index contributed by atoms with van der Waals surface area (Å²) < 4.78 is 26.6. The molecule has 0 aliphatic heterocycles. The Hall–Kier alpha value is -3.77. The van der Waals surface area contributed by atoms with Gasteiger partial charge in [-0.2, -0.15) is 4.31 Å². The fourth-order valence-corrected chi connectivity index (χ4v) is 4.29. The molecule has 2 heterocycles. The van der Waals surface area contributed by atoms with Crippen LogP contribution in [-0.2, 0) is 10.0 Å². The standard InChI is InChI=1S/C20H24N8O3S/c1-3-28(4-2)32(30,31)15-10-8-14(9-11-15)25-18-17(21)19(24-13-23-18)26-27-20(29)16-7-5-6-12-22-16/h5-13H,3-4,21H2,1-2H3,(H,27,29)(H2,23,24,25,26). The zero-order valence-corrected chi connectivity index (χ0v) is 18.4. The van der Waals surface area contributed by atoms with Crippen molar-refractivity contribution in [2.24, 2.45) is 0 Å². The number of nitrogens with zero attached hydrogens (tertiary/aromatic N) is 4. The number of hydrogen-bond acceptors (Lipinski definition) is 9. The molecule has 0 atom stereocenters. The summed E-state index contributed by atoms with van der Waals surface area (Å²) in [6, 6.07) is 11.2. The maximum absolute atomic E-state index is 12.6. The average molecular weight is 457 g/mol. The van der Waals surface area contributed by atoms with Gasteiger partial charge in [0, 0.05) is 25.0 Å². The Balaban J connectivity index is 1.71. The van der Waals surface area contributed by atoms with Crippen LogP contribution in [0.15, 0.2) is 59.9 Å². The third-order valence-electron chi connectivity index (χ3n) is 4.54. The van der Waals surface area contributed by atoms with Crippen LogP contribution in [0, 0.1) is 0 Å². The van der Waals surface area contributed by atoms with E-state index < -0.39 is 15.9 Å². The largest absolute Gasteiger partial charge is 0.393 e. The summed E-state index contributed by atoms with van der Waals surface area (Å²) in [6.45, 7) is 4.37. The van der Waals surface area contributed by atoms with Gasteiger partial charge in [-0.3, -0.25) is 20.6 Å². The first kappa shape index (κ1) is 22.9. The van der Waals surface area contributed by atoms with Gasteiger partial charge in [0.1, 0.15) is 17.7 Å². The predicted octanol–water partition coefficient (Wildman–Crippen LogP) is 1.98. The van der Waals surface area contributed by atoms with E-state index in [9.17, 15) is 13.2 Å². The Bertz CT molecular complexity index is 1170. The van der Waals surface area contributed by atoms with Crippen LogP contribution in [0.5, 0.6) is 0 Å². The lowest BCUT2D eigenvalue weighted by Gasteiger charge is -2.18. The van der Waals surface area contributed by atoms with Gasteiger partial charge in [0.25, 0.3) is 5.91 Å². The number of benzene rings is 1. The number of amides is 1. The second-order valence-corrected chi connectivity index (χ2v) is 8.46. The minimum absolute atomic E-state index is 0.161. The Morgan fingerprint density at radius 1 is 1.00 bits per heavy atom. The van der Waals surface area contributed by atoms with E-state index in [0.717, 1.165) is 0 Å². The summed E-state index contributed by atoms with van der Waals surface area (Å²) in [5.41, 5.74) is 12.2. The second-order valence-electron chi connectivity index (χ2n) is 6.52. The molecule has 0 fully saturated rings. The van der Waals surface area contributed by atoms with Gasteiger partial charge < -0.3 is 11.1 Å². The van der Waals surface area contributed by atoms with Crippen LogP contribution < -0.4 is 21.9 Å². The van der Waals surface area contributed by atoms with Gasteiger partial charge in [0.05, 0.1) is 4.90 Å². The highest BCUT2D eigenvalue weighted by molar-refractivity contribution is 7.89. The van der Waals surface area contributed by atoms with Crippen LogP contribution in [0.2, 0.25) is 0 Å². The molecule has 0 unspecified atom stereocenters. The van der Waals surface area contributed by atoms with Crippen LogP contribution >= 0.6 is 0 Å². The van der Waals surface area contributed by atoms with Crippen molar-refractivity contribution in [3.8, 4) is 0 Å². The molecule has 12 heteroatoms. The fraction of sp³-hybridized carbons (Fsp3) is 0.200. The topological polar surface area (TPSA) is 155 Å². The molecule has 32 heavy (non-hydrogen) atoms. The molecule has 0 aliphatic rings. The van der Waals surface area contributed by atoms with E-state index in [1.54, 1.807) is 44.2 Å². The van der Waals surface area contributed by atoms with E-state index in [1.165, 1.54) is 29.0 Å². The van der Waals surface area contributed by atoms with E-state index in [0.29, 0.717) is 18.8 Å². The van der Waals surface area contributed by atoms with Crippen LogP contribution in [0.1, 0.15) is 24.3 Å². The molecule has 11 nitrogen and oxygen atoms in total. The van der Waals surface area contributed by atoms with Gasteiger partial charge in [0.2, 0.25) is 10.0 Å². The molecule has 5 N–H and O–H groups in total. The zero-order chi connectivity index (χ0) is 23.1. The molecule has 3 aromatic rings. The van der Waals surface area contributed by atoms with Crippen molar-refractivity contribution >= 4 is 38.9 Å². The SMILES string of the molecule is CCN(CC)S(=O)(=O)c1ccc(Nc2ncnc(NNC(=O)c3ccccn3)c2N)cc1. The van der Waals surface area contributed by atoms with Crippen molar-refractivity contribution in [3.63, 3.8) is 0 Å². The van der Waals surface area contributed by atoms with E-state index in [4.69, 9.17) is 5.73 Å². The van der Waals surface area contributed by atoms with Crippen LogP contribution in [0.3, 0.4) is 0 Å². The van der Waals surface area contributed by atoms with Gasteiger partial charge in [-0.05, 0) is 36.4 Å². The molecule has 2 aromatic heterocycles. The summed E-state index contributed by atoms with van der Waals surface area (Å²) >= 11 is 0. The number of hydrazine groups is 1. The average Bonchev–Trinajstić information content (AvgIpc) is 2.81. The first-order chi connectivity index (χ1) is 15.4. The quantitative estimate of drug-likeness (QED) is 0.354. The lowest BCUT2D eigenvalue weighted by Crippen LogP contribution is -2.31. The number of carbonyl (C=O) groups is 1. The molecule has 1 amide bonds. The first-order valence-corrected chi connectivity index (χ1v) is 11.3. The normalized spacial score (nSPS) is 11.2. The molecule has 0 aliphatic carbocycles. The Labute approximate surface area is 186 Å². The number of pyridine rings is 1. The lowest BCUT2D eigenvalue weighted by atomic mass is 10.3. The number of sulfonamides is 1. The van der Waals surface area contributed by atoms with Gasteiger partial charge in [-0.25, -0.2) is 18.4 Å². The van der Waals surface area contributed by atoms with Gasteiger partial charge in [-0.1, -0.05) is 19.9 Å². The highest BCUT2D eigenvalue weighted by Gasteiger charge is 2.21. The molecule has 3 rings (SSSR count). The fourth-order valence-electron chi connectivity index (χ4n) is 2.83. The maximum Gasteiger partial charge on any atom is 0.288 e. The molecule has 0 saturated heterocycles. The number of nitrogens with one attached hydrogen (secondary N) is 3. The smallest absolute Gasteiger partial charge is 0.288 e. The van der Waals surface area contributed by atoms with Crippen molar-refractivity contribution in [3.05, 3.63) is 60.7 Å². The maximum atomic E-state index is 12.6. The molecule has 0 bridgehead atoms. The second kappa shape index (κ2) is 10.0. The molecule has 1 aromatic carbocycles. The van der Waals surface area contributed by atoms with Crippen LogP contribution in [0.25, 0.3) is 0 Å². The van der Waals surface area contributed by atoms with E-state index in [1.807, 2.05) is 0 Å². The lowest BCUT2D eigenvalue weighted by molar-refractivity contribution is 0.0957. The minimum Gasteiger partial charge on any atom is -0.393 e. The summed E-state index contributed by atoms with van der Waals surface area (Å²) in [4.78, 5) is 24.4. The number of carbonyl (C=O) groups excluding carboxylic acids is 1. The van der Waals surface area contributed by atoms with Crippen LogP contribution in [0.4, 0.5) is 23.0 Å². The Morgan fingerprint density at radius 3 is 2.31 bits per heavy atom. The Morgan fingerprint density at radius 2 is 1.69 bits per heavy atom. The van der Waals surface area contributed by atoms with Crippen molar-refractivity contribution in [2.75, 3.05) is 29.6 Å². The van der Waals surface area contributed by atoms with E-state index in [-0.39, 0.29) is 27.9 Å². The predicted molar refractivity (Wildman–Crippen MR) is 122 cm³/mol.